The first-order chi connectivity index (χ1) is 16.3. The van der Waals surface area contributed by atoms with Gasteiger partial charge in [-0.15, -0.1) is 0 Å². The molecule has 1 aromatic heterocycles. The summed E-state index contributed by atoms with van der Waals surface area (Å²) in [5.41, 5.74) is 2.38. The quantitative estimate of drug-likeness (QED) is 0.407. The second-order valence-corrected chi connectivity index (χ2v) is 9.94. The van der Waals surface area contributed by atoms with E-state index in [-0.39, 0.29) is 30.0 Å². The molecule has 2 aromatic carbocycles. The Balaban J connectivity index is 1.96. The molecule has 3 N–H and O–H groups in total. The summed E-state index contributed by atoms with van der Waals surface area (Å²) in [5.74, 6) is -0.333. The summed E-state index contributed by atoms with van der Waals surface area (Å²) in [6.07, 6.45) is 1.31. The molecule has 3 aromatic rings. The molecule has 1 heterocycles. The number of aryl methyl sites for hydroxylation is 1. The molecule has 0 fully saturated rings. The minimum absolute atomic E-state index is 0.0225. The second kappa shape index (κ2) is 11.3. The van der Waals surface area contributed by atoms with Crippen molar-refractivity contribution in [3.05, 3.63) is 95.3 Å². The fourth-order valence-corrected chi connectivity index (χ4v) is 4.98. The van der Waals surface area contributed by atoms with Crippen molar-refractivity contribution in [3.63, 3.8) is 0 Å². The highest BCUT2D eigenvalue weighted by Crippen LogP contribution is 2.29. The third-order valence-corrected chi connectivity index (χ3v) is 7.24. The number of rotatable bonds is 10. The van der Waals surface area contributed by atoms with Crippen LogP contribution in [0.15, 0.2) is 77.8 Å². The van der Waals surface area contributed by atoms with Gasteiger partial charge in [-0.2, -0.15) is 4.31 Å². The van der Waals surface area contributed by atoms with Gasteiger partial charge in [-0.1, -0.05) is 42.5 Å². The minimum Gasteiger partial charge on any atom is -0.394 e. The van der Waals surface area contributed by atoms with E-state index in [1.165, 1.54) is 16.6 Å². The molecule has 0 spiro atoms. The topological polar surface area (TPSA) is 120 Å². The van der Waals surface area contributed by atoms with Gasteiger partial charge in [0.15, 0.2) is 0 Å². The van der Waals surface area contributed by atoms with E-state index in [0.717, 1.165) is 0 Å². The second-order valence-electron chi connectivity index (χ2n) is 8.05. The Bertz CT molecular complexity index is 1180. The van der Waals surface area contributed by atoms with E-state index < -0.39 is 22.7 Å². The molecular formula is C25H29N3O5S. The number of carbonyl (C=O) groups excluding carboxylic acids is 1. The Kier molecular flexibility index (Phi) is 8.51. The van der Waals surface area contributed by atoms with Crippen molar-refractivity contribution < 1.29 is 23.4 Å². The molecule has 0 aliphatic rings. The van der Waals surface area contributed by atoms with Crippen molar-refractivity contribution >= 4 is 15.9 Å². The van der Waals surface area contributed by atoms with Gasteiger partial charge in [-0.25, -0.2) is 8.42 Å². The lowest BCUT2D eigenvalue weighted by molar-refractivity contribution is 0.0922. The normalized spacial score (nSPS) is 13.4. The number of aliphatic hydroxyl groups is 2. The molecule has 2 atom stereocenters. The number of amides is 1. The SMILES string of the molecule is Cc1ccc(S(=O)(=O)N(Cc2ccc(C(=O)N[C@H](C)CO)cc2)[C@@H](CO)c2ccccc2)cn1. The van der Waals surface area contributed by atoms with Crippen LogP contribution in [0.5, 0.6) is 0 Å². The van der Waals surface area contributed by atoms with Gasteiger partial charge in [0.05, 0.1) is 19.3 Å². The van der Waals surface area contributed by atoms with Crippen LogP contribution in [-0.2, 0) is 16.6 Å². The largest absolute Gasteiger partial charge is 0.394 e. The maximum atomic E-state index is 13.6. The van der Waals surface area contributed by atoms with Crippen LogP contribution in [0.1, 0.15) is 40.1 Å². The zero-order valence-electron chi connectivity index (χ0n) is 19.1. The maximum absolute atomic E-state index is 13.6. The van der Waals surface area contributed by atoms with Crippen LogP contribution in [0.3, 0.4) is 0 Å². The van der Waals surface area contributed by atoms with Crippen molar-refractivity contribution in [3.8, 4) is 0 Å². The minimum atomic E-state index is -4.02. The molecule has 9 heteroatoms. The Labute approximate surface area is 200 Å². The standard InChI is InChI=1S/C25H29N3O5S/c1-18-8-13-23(14-26-18)34(32,33)28(24(17-30)21-6-4-3-5-7-21)15-20-9-11-22(12-10-20)25(31)27-19(2)16-29/h3-14,19,24,29-30H,15-17H2,1-2H3,(H,27,31)/t19-,24+/m1/s1. The molecule has 180 valence electrons. The average Bonchev–Trinajstić information content (AvgIpc) is 2.85. The van der Waals surface area contributed by atoms with Crippen LogP contribution >= 0.6 is 0 Å². The monoisotopic (exact) mass is 483 g/mol. The lowest BCUT2D eigenvalue weighted by Gasteiger charge is -2.30. The third-order valence-electron chi connectivity index (χ3n) is 5.40. The maximum Gasteiger partial charge on any atom is 0.251 e. The van der Waals surface area contributed by atoms with Crippen molar-refractivity contribution in [2.45, 2.75) is 37.4 Å². The van der Waals surface area contributed by atoms with Gasteiger partial charge >= 0.3 is 0 Å². The highest BCUT2D eigenvalue weighted by atomic mass is 32.2. The van der Waals surface area contributed by atoms with Crippen LogP contribution in [0.4, 0.5) is 0 Å². The predicted octanol–water partition coefficient (Wildman–Crippen LogP) is 2.43. The summed E-state index contributed by atoms with van der Waals surface area (Å²) < 4.78 is 28.5. The van der Waals surface area contributed by atoms with E-state index in [9.17, 15) is 18.3 Å². The molecular weight excluding hydrogens is 454 g/mol. The Morgan fingerprint density at radius 3 is 2.24 bits per heavy atom. The zero-order chi connectivity index (χ0) is 24.7. The molecule has 34 heavy (non-hydrogen) atoms. The number of hydrogen-bond donors (Lipinski definition) is 3. The van der Waals surface area contributed by atoms with Gasteiger partial charge in [0, 0.05) is 30.0 Å². The van der Waals surface area contributed by atoms with Crippen LogP contribution in [-0.4, -0.2) is 53.1 Å². The van der Waals surface area contributed by atoms with Gasteiger partial charge in [-0.05, 0) is 49.2 Å². The van der Waals surface area contributed by atoms with Crippen molar-refractivity contribution in [1.29, 1.82) is 0 Å². The fourth-order valence-electron chi connectivity index (χ4n) is 3.44. The van der Waals surface area contributed by atoms with E-state index in [2.05, 4.69) is 10.3 Å². The number of benzene rings is 2. The van der Waals surface area contributed by atoms with Crippen LogP contribution in [0, 0.1) is 6.92 Å². The van der Waals surface area contributed by atoms with E-state index in [4.69, 9.17) is 5.11 Å². The zero-order valence-corrected chi connectivity index (χ0v) is 19.9. The summed E-state index contributed by atoms with van der Waals surface area (Å²) in [4.78, 5) is 16.4. The first-order valence-electron chi connectivity index (χ1n) is 10.9. The van der Waals surface area contributed by atoms with Gasteiger partial charge in [0.2, 0.25) is 10.0 Å². The van der Waals surface area contributed by atoms with Gasteiger partial charge < -0.3 is 15.5 Å². The number of nitrogens with zero attached hydrogens (tertiary/aromatic N) is 2. The van der Waals surface area contributed by atoms with Crippen molar-refractivity contribution in [1.82, 2.24) is 14.6 Å². The Morgan fingerprint density at radius 2 is 1.68 bits per heavy atom. The summed E-state index contributed by atoms with van der Waals surface area (Å²) in [5, 5.41) is 22.0. The number of aliphatic hydroxyl groups excluding tert-OH is 2. The van der Waals surface area contributed by atoms with Crippen molar-refractivity contribution in [2.75, 3.05) is 13.2 Å². The summed E-state index contributed by atoms with van der Waals surface area (Å²) >= 11 is 0. The molecule has 1 amide bonds. The number of sulfonamides is 1. The number of pyridine rings is 1. The van der Waals surface area contributed by atoms with Crippen LogP contribution < -0.4 is 5.32 Å². The molecule has 3 rings (SSSR count). The third kappa shape index (κ3) is 6.06. The molecule has 0 aliphatic carbocycles. The fraction of sp³-hybridized carbons (Fsp3) is 0.280. The molecule has 0 radical (unpaired) electrons. The molecule has 0 saturated carbocycles. The van der Waals surface area contributed by atoms with Gasteiger partial charge in [0.25, 0.3) is 5.91 Å². The Morgan fingerprint density at radius 1 is 1.00 bits per heavy atom. The summed E-state index contributed by atoms with van der Waals surface area (Å²) in [6, 6.07) is 17.4. The number of hydrogen-bond acceptors (Lipinski definition) is 6. The molecule has 8 nitrogen and oxygen atoms in total. The first-order valence-corrected chi connectivity index (χ1v) is 12.3. The van der Waals surface area contributed by atoms with Gasteiger partial charge in [0.1, 0.15) is 4.90 Å². The summed E-state index contributed by atoms with van der Waals surface area (Å²) in [6.45, 7) is 2.85. The van der Waals surface area contributed by atoms with Crippen LogP contribution in [0.25, 0.3) is 0 Å². The molecule has 0 aliphatic heterocycles. The smallest absolute Gasteiger partial charge is 0.251 e. The van der Waals surface area contributed by atoms with Gasteiger partial charge in [-0.3, -0.25) is 9.78 Å². The molecule has 0 bridgehead atoms. The first kappa shape index (κ1) is 25.5. The average molecular weight is 484 g/mol. The van der Waals surface area contributed by atoms with E-state index >= 15 is 0 Å². The van der Waals surface area contributed by atoms with E-state index in [0.29, 0.717) is 22.4 Å². The van der Waals surface area contributed by atoms with E-state index in [1.54, 1.807) is 68.4 Å². The number of aromatic nitrogens is 1. The van der Waals surface area contributed by atoms with Crippen molar-refractivity contribution in [2.24, 2.45) is 0 Å². The predicted molar refractivity (Wildman–Crippen MR) is 128 cm³/mol. The molecule has 0 unspecified atom stereocenters. The lowest BCUT2D eigenvalue weighted by atomic mass is 10.1. The van der Waals surface area contributed by atoms with Crippen LogP contribution in [0.2, 0.25) is 0 Å². The summed E-state index contributed by atoms with van der Waals surface area (Å²) in [7, 11) is -4.02. The lowest BCUT2D eigenvalue weighted by Crippen LogP contribution is -2.36. The highest BCUT2D eigenvalue weighted by molar-refractivity contribution is 7.89. The number of carbonyl (C=O) groups is 1. The highest BCUT2D eigenvalue weighted by Gasteiger charge is 2.32. The van der Waals surface area contributed by atoms with E-state index in [1.807, 2.05) is 6.07 Å². The molecule has 0 saturated heterocycles. The Hall–Kier alpha value is -3.11. The number of nitrogens with one attached hydrogen (secondary N) is 1.